The molecule has 2 saturated heterocycles. The minimum atomic E-state index is -4.77. The molecule has 5 rings (SSSR count). The van der Waals surface area contributed by atoms with Crippen molar-refractivity contribution in [2.24, 2.45) is 5.92 Å². The van der Waals surface area contributed by atoms with Crippen LogP contribution in [0.25, 0.3) is 11.0 Å². The molecule has 0 aliphatic carbocycles. The predicted molar refractivity (Wildman–Crippen MR) is 118 cm³/mol. The van der Waals surface area contributed by atoms with Crippen LogP contribution in [0.2, 0.25) is 0 Å². The number of hydrogen-bond acceptors (Lipinski definition) is 7. The number of benzene rings is 2. The van der Waals surface area contributed by atoms with E-state index in [1.54, 1.807) is 30.2 Å². The zero-order valence-corrected chi connectivity index (χ0v) is 19.1. The first-order chi connectivity index (χ1) is 17.2. The molecule has 2 amide bonds. The number of aromatic amines is 1. The molecule has 0 spiro atoms. The number of ether oxygens (including phenoxy) is 3. The van der Waals surface area contributed by atoms with Gasteiger partial charge in [-0.05, 0) is 35.9 Å². The van der Waals surface area contributed by atoms with E-state index in [-0.39, 0.29) is 30.7 Å². The molecule has 2 fully saturated rings. The maximum atomic E-state index is 13.1. The average molecular weight is 505 g/mol. The van der Waals surface area contributed by atoms with Crippen LogP contribution >= 0.6 is 0 Å². The van der Waals surface area contributed by atoms with Crippen molar-refractivity contribution < 1.29 is 37.0 Å². The molecule has 0 bridgehead atoms. The lowest BCUT2D eigenvalue weighted by atomic mass is 9.95. The van der Waals surface area contributed by atoms with Crippen molar-refractivity contribution >= 4 is 23.0 Å². The van der Waals surface area contributed by atoms with Gasteiger partial charge in [0.1, 0.15) is 29.0 Å². The third-order valence-electron chi connectivity index (χ3n) is 6.58. The summed E-state index contributed by atoms with van der Waals surface area (Å²) in [5, 5.41) is 10.5. The molecule has 10 nitrogen and oxygen atoms in total. The third-order valence-corrected chi connectivity index (χ3v) is 6.58. The quantitative estimate of drug-likeness (QED) is 0.568. The number of alkyl halides is 3. The number of nitrogens with one attached hydrogen (secondary N) is 1. The number of rotatable bonds is 5. The highest BCUT2D eigenvalue weighted by atomic mass is 19.4. The van der Waals surface area contributed by atoms with E-state index >= 15 is 0 Å². The lowest BCUT2D eigenvalue weighted by Gasteiger charge is -2.27. The summed E-state index contributed by atoms with van der Waals surface area (Å²) in [5.41, 5.74) is 1.55. The molecule has 36 heavy (non-hydrogen) atoms. The zero-order chi connectivity index (χ0) is 25.5. The molecule has 2 aliphatic rings. The Balaban J connectivity index is 1.18. The summed E-state index contributed by atoms with van der Waals surface area (Å²) in [6.45, 7) is 1.21. The monoisotopic (exact) mass is 505 g/mol. The number of methoxy groups -OCH3 is 1. The first kappa shape index (κ1) is 23.9. The Labute approximate surface area is 202 Å². The average Bonchev–Trinajstić information content (AvgIpc) is 3.54. The number of hydrogen-bond donors (Lipinski definition) is 1. The van der Waals surface area contributed by atoms with Crippen LogP contribution in [0, 0.1) is 5.92 Å². The first-order valence-corrected chi connectivity index (χ1v) is 11.1. The second-order valence-electron chi connectivity index (χ2n) is 8.81. The van der Waals surface area contributed by atoms with E-state index in [2.05, 4.69) is 20.1 Å². The number of nitrogens with zero attached hydrogens (tertiary/aromatic N) is 4. The van der Waals surface area contributed by atoms with Crippen molar-refractivity contribution in [1.29, 1.82) is 0 Å². The number of H-pyrrole nitrogens is 1. The van der Waals surface area contributed by atoms with E-state index < -0.39 is 18.1 Å². The molecule has 3 aromatic rings. The van der Waals surface area contributed by atoms with Gasteiger partial charge in [-0.2, -0.15) is 15.4 Å². The highest BCUT2D eigenvalue weighted by Gasteiger charge is 2.55. The van der Waals surface area contributed by atoms with E-state index in [1.807, 2.05) is 0 Å². The summed E-state index contributed by atoms with van der Waals surface area (Å²) in [6, 6.07) is 10.2. The molecule has 1 N–H and O–H groups in total. The molecule has 0 saturated carbocycles. The number of likely N-dealkylation sites (tertiary alicyclic amines) is 2. The smallest absolute Gasteiger partial charge is 0.445 e. The van der Waals surface area contributed by atoms with Crippen LogP contribution in [0.4, 0.5) is 18.0 Å². The molecule has 3 heterocycles. The number of carbonyl (C=O) groups is 2. The molecular formula is C23H22F3N5O5. The number of amides is 2. The van der Waals surface area contributed by atoms with Gasteiger partial charge in [0.25, 0.3) is 5.91 Å². The maximum absolute atomic E-state index is 13.1. The van der Waals surface area contributed by atoms with Gasteiger partial charge in [-0.25, -0.2) is 4.79 Å². The van der Waals surface area contributed by atoms with Crippen LogP contribution in [-0.2, 0) is 16.1 Å². The Morgan fingerprint density at radius 3 is 2.44 bits per heavy atom. The van der Waals surface area contributed by atoms with Crippen molar-refractivity contribution in [3.05, 3.63) is 53.6 Å². The standard InChI is InChI=1S/C23H22F3N5O5/c1-34-22-12-30(20(32)15-4-7-18-19(8-15)28-29-27-18)9-16(22)10-31(13-22)21(33)35-11-14-2-5-17(6-3-14)36-23(24,25)26/h2-8,16H,9-13H2,1H3,(H,27,28,29)/t16-,22+/m1/s1. The van der Waals surface area contributed by atoms with E-state index in [0.717, 1.165) is 12.1 Å². The van der Waals surface area contributed by atoms with E-state index in [4.69, 9.17) is 9.47 Å². The minimum absolute atomic E-state index is 0.103. The van der Waals surface area contributed by atoms with Gasteiger partial charge in [-0.3, -0.25) is 4.79 Å². The Kier molecular flexibility index (Phi) is 5.94. The van der Waals surface area contributed by atoms with Crippen molar-refractivity contribution in [3.8, 4) is 5.75 Å². The Hall–Kier alpha value is -3.87. The van der Waals surface area contributed by atoms with Crippen LogP contribution in [0.5, 0.6) is 5.75 Å². The number of halogens is 3. The molecule has 2 atom stereocenters. The number of fused-ring (bicyclic) bond motifs is 2. The molecule has 2 aromatic carbocycles. The van der Waals surface area contributed by atoms with Crippen LogP contribution < -0.4 is 4.74 Å². The zero-order valence-electron chi connectivity index (χ0n) is 19.1. The second kappa shape index (κ2) is 8.97. The van der Waals surface area contributed by atoms with Crippen LogP contribution in [0.1, 0.15) is 15.9 Å². The largest absolute Gasteiger partial charge is 0.573 e. The van der Waals surface area contributed by atoms with E-state index in [0.29, 0.717) is 41.8 Å². The van der Waals surface area contributed by atoms with Crippen molar-refractivity contribution in [1.82, 2.24) is 25.2 Å². The van der Waals surface area contributed by atoms with Gasteiger partial charge in [-0.15, -0.1) is 13.2 Å². The summed E-state index contributed by atoms with van der Waals surface area (Å²) < 4.78 is 51.9. The molecular weight excluding hydrogens is 483 g/mol. The molecule has 0 radical (unpaired) electrons. The van der Waals surface area contributed by atoms with Gasteiger partial charge in [0.15, 0.2) is 0 Å². The summed E-state index contributed by atoms with van der Waals surface area (Å²) in [7, 11) is 1.56. The fraction of sp³-hybridized carbons (Fsp3) is 0.391. The number of carbonyl (C=O) groups excluding carboxylic acids is 2. The predicted octanol–water partition coefficient (Wildman–Crippen LogP) is 2.97. The fourth-order valence-corrected chi connectivity index (χ4v) is 4.78. The molecule has 0 unspecified atom stereocenters. The normalized spacial score (nSPS) is 21.6. The molecule has 190 valence electrons. The minimum Gasteiger partial charge on any atom is -0.445 e. The van der Waals surface area contributed by atoms with Crippen LogP contribution in [0.15, 0.2) is 42.5 Å². The van der Waals surface area contributed by atoms with Crippen molar-refractivity contribution in [2.45, 2.75) is 18.6 Å². The SMILES string of the molecule is CO[C@@]12CN(C(=O)OCc3ccc(OC(F)(F)F)cc3)C[C@H]1CN(C(=O)c1ccc3n[nH]nc3c1)C2. The first-order valence-electron chi connectivity index (χ1n) is 11.1. The lowest BCUT2D eigenvalue weighted by Crippen LogP contribution is -2.44. The van der Waals surface area contributed by atoms with Gasteiger partial charge >= 0.3 is 12.5 Å². The summed E-state index contributed by atoms with van der Waals surface area (Å²) in [6.07, 6.45) is -5.34. The topological polar surface area (TPSA) is 110 Å². The van der Waals surface area contributed by atoms with Crippen molar-refractivity contribution in [3.63, 3.8) is 0 Å². The lowest BCUT2D eigenvalue weighted by molar-refractivity contribution is -0.274. The van der Waals surface area contributed by atoms with Crippen LogP contribution in [0.3, 0.4) is 0 Å². The highest BCUT2D eigenvalue weighted by Crippen LogP contribution is 2.38. The maximum Gasteiger partial charge on any atom is 0.573 e. The van der Waals surface area contributed by atoms with Gasteiger partial charge in [-0.1, -0.05) is 12.1 Å². The third kappa shape index (κ3) is 4.65. The Morgan fingerprint density at radius 2 is 1.75 bits per heavy atom. The van der Waals surface area contributed by atoms with E-state index in [1.165, 1.54) is 17.0 Å². The molecule has 2 aliphatic heterocycles. The van der Waals surface area contributed by atoms with Gasteiger partial charge < -0.3 is 24.0 Å². The summed E-state index contributed by atoms with van der Waals surface area (Å²) >= 11 is 0. The number of aromatic nitrogens is 3. The molecule has 13 heteroatoms. The Morgan fingerprint density at radius 1 is 1.06 bits per heavy atom. The summed E-state index contributed by atoms with van der Waals surface area (Å²) in [4.78, 5) is 29.0. The van der Waals surface area contributed by atoms with Gasteiger partial charge in [0.05, 0.1) is 13.1 Å². The van der Waals surface area contributed by atoms with Gasteiger partial charge in [0, 0.05) is 31.7 Å². The summed E-state index contributed by atoms with van der Waals surface area (Å²) in [5.74, 6) is -0.613. The van der Waals surface area contributed by atoms with Gasteiger partial charge in [0.2, 0.25) is 0 Å². The fourth-order valence-electron chi connectivity index (χ4n) is 4.78. The highest BCUT2D eigenvalue weighted by molar-refractivity contribution is 5.97. The van der Waals surface area contributed by atoms with E-state index in [9.17, 15) is 22.8 Å². The molecule has 1 aromatic heterocycles. The Bertz CT molecular complexity index is 1280. The second-order valence-corrected chi connectivity index (χ2v) is 8.81. The van der Waals surface area contributed by atoms with Crippen LogP contribution in [-0.4, -0.2) is 82.5 Å². The van der Waals surface area contributed by atoms with Crippen molar-refractivity contribution in [2.75, 3.05) is 33.3 Å².